The molecule has 1 fully saturated rings. The normalized spacial score (nSPS) is 14.3. The van der Waals surface area contributed by atoms with Crippen LogP contribution in [0.1, 0.15) is 327 Å². The van der Waals surface area contributed by atoms with E-state index in [2.05, 4.69) is 332 Å². The van der Waals surface area contributed by atoms with Crippen LogP contribution in [0.15, 0.2) is 209 Å². The average Bonchev–Trinajstić information content (AvgIpc) is 1.61. The van der Waals surface area contributed by atoms with Crippen molar-refractivity contribution >= 4 is 83.0 Å². The number of likely N-dealkylation sites (N-methyl/N-ethyl adjacent to an activating group) is 1. The number of hydrogen-bond acceptors (Lipinski definition) is 14. The Balaban J connectivity index is 0.000000251. The highest BCUT2D eigenvalue weighted by molar-refractivity contribution is 7.22. The van der Waals surface area contributed by atoms with Gasteiger partial charge in [-0.3, -0.25) is 39.4 Å². The maximum absolute atomic E-state index is 13.5. The number of pyridine rings is 1. The molecule has 0 saturated carbocycles. The van der Waals surface area contributed by atoms with Crippen LogP contribution in [-0.4, -0.2) is 119 Å². The number of phenolic OH excluding ortho intramolecular Hbond substituents is 1. The Kier molecular flexibility index (Phi) is 42.7. The van der Waals surface area contributed by atoms with Crippen molar-refractivity contribution in [2.24, 2.45) is 38.3 Å². The van der Waals surface area contributed by atoms with Crippen molar-refractivity contribution < 1.29 is 45.0 Å². The van der Waals surface area contributed by atoms with E-state index in [0.717, 1.165) is 90.3 Å². The third-order valence-corrected chi connectivity index (χ3v) is 26.0. The van der Waals surface area contributed by atoms with Crippen molar-refractivity contribution in [3.05, 3.63) is 283 Å². The number of aromatic amines is 2. The molecule has 4 aliphatic rings. The smallest absolute Gasteiger partial charge is 0.435 e. The molecule has 148 heavy (non-hydrogen) atoms. The molecule has 16 rings (SSSR count). The van der Waals surface area contributed by atoms with Gasteiger partial charge >= 0.3 is 12.4 Å². The minimum absolute atomic E-state index is 0.0193. The number of aryl methyl sites for hydroxylation is 2. The van der Waals surface area contributed by atoms with E-state index in [1.54, 1.807) is 59.7 Å². The quantitative estimate of drug-likeness (QED) is 0.0723. The summed E-state index contributed by atoms with van der Waals surface area (Å²) in [5, 5.41) is 23.8. The van der Waals surface area contributed by atoms with E-state index in [4.69, 9.17) is 16.6 Å². The highest BCUT2D eigenvalue weighted by Crippen LogP contribution is 2.41. The van der Waals surface area contributed by atoms with E-state index in [0.29, 0.717) is 10.7 Å². The molecule has 1 amide bonds. The van der Waals surface area contributed by atoms with Gasteiger partial charge in [-0.2, -0.15) is 36.5 Å². The lowest BCUT2D eigenvalue weighted by atomic mass is 9.84. The van der Waals surface area contributed by atoms with E-state index in [1.807, 2.05) is 78.0 Å². The Hall–Kier alpha value is -11.5. The maximum Gasteiger partial charge on any atom is 0.435 e. The first-order valence-electron chi connectivity index (χ1n) is 50.8. The first-order valence-corrected chi connectivity index (χ1v) is 51.6. The fourth-order valence-corrected chi connectivity index (χ4v) is 16.6. The number of nitrogens with zero attached hydrogens (tertiary/aromatic N) is 10. The van der Waals surface area contributed by atoms with Crippen LogP contribution in [0.2, 0.25) is 0 Å². The van der Waals surface area contributed by atoms with Gasteiger partial charge in [-0.05, 0) is 217 Å². The number of nitrogen functional groups attached to an aromatic ring is 2. The minimum atomic E-state index is -4.45. The van der Waals surface area contributed by atoms with Crippen LogP contribution >= 0.6 is 11.3 Å². The Morgan fingerprint density at radius 3 is 1.45 bits per heavy atom. The number of nitrogens with two attached hydrogens (primary N) is 2. The first-order chi connectivity index (χ1) is 67.5. The van der Waals surface area contributed by atoms with Crippen LogP contribution in [0.5, 0.6) is 5.75 Å². The Bertz CT molecular complexity index is 6450. The van der Waals surface area contributed by atoms with Crippen LogP contribution in [0.3, 0.4) is 0 Å². The number of aromatic hydroxyl groups is 1. The van der Waals surface area contributed by atoms with Crippen molar-refractivity contribution in [3.8, 4) is 5.75 Å². The van der Waals surface area contributed by atoms with E-state index >= 15 is 0 Å². The van der Waals surface area contributed by atoms with Crippen molar-refractivity contribution in [3.63, 3.8) is 0 Å². The summed E-state index contributed by atoms with van der Waals surface area (Å²) >= 11 is 1.54. The summed E-state index contributed by atoms with van der Waals surface area (Å²) < 4.78 is 107. The molecule has 17 nitrogen and oxygen atoms in total. The van der Waals surface area contributed by atoms with Crippen LogP contribution in [-0.2, 0) is 80.6 Å². The van der Waals surface area contributed by atoms with Crippen molar-refractivity contribution in [1.82, 2.24) is 44.7 Å². The van der Waals surface area contributed by atoms with Gasteiger partial charge in [-0.25, -0.2) is 13.8 Å². The lowest BCUT2D eigenvalue weighted by Crippen LogP contribution is -2.44. The minimum Gasteiger partial charge on any atom is -0.508 e. The van der Waals surface area contributed by atoms with Crippen LogP contribution in [0.25, 0.3) is 32.2 Å². The fraction of sp³-hybridized carbons (Fsp3) is 0.492. The summed E-state index contributed by atoms with van der Waals surface area (Å²) in [6.07, 6.45) is 2.79. The Labute approximate surface area is 882 Å². The van der Waals surface area contributed by atoms with Gasteiger partial charge < -0.3 is 31.8 Å². The van der Waals surface area contributed by atoms with E-state index in [9.17, 15) is 39.9 Å². The van der Waals surface area contributed by atoms with Gasteiger partial charge in [0, 0.05) is 115 Å². The Morgan fingerprint density at radius 1 is 0.480 bits per heavy atom. The molecule has 7 aromatic carbocycles. The zero-order valence-corrected chi connectivity index (χ0v) is 96.7. The fourth-order valence-electron chi connectivity index (χ4n) is 15.9. The number of rotatable bonds is 3. The third kappa shape index (κ3) is 39.1. The molecule has 0 spiro atoms. The van der Waals surface area contributed by atoms with Gasteiger partial charge in [0.15, 0.2) is 10.8 Å². The van der Waals surface area contributed by atoms with Crippen LogP contribution < -0.4 is 16.8 Å². The molecule has 5 aromatic heterocycles. The highest BCUT2D eigenvalue weighted by Gasteiger charge is 2.41. The summed E-state index contributed by atoms with van der Waals surface area (Å²) in [5.41, 5.74) is 33.7. The number of H-pyrrole nitrogens is 2. The molecule has 12 aromatic rings. The van der Waals surface area contributed by atoms with E-state index in [-0.39, 0.29) is 101 Å². The second-order valence-electron chi connectivity index (χ2n) is 49.9. The van der Waals surface area contributed by atoms with Gasteiger partial charge in [0.05, 0.1) is 63.8 Å². The number of carbonyl (C=O) groups is 1. The summed E-state index contributed by atoms with van der Waals surface area (Å²) in [6.45, 7) is 83.4. The SMILES string of the molecule is CC(C)(C)c1c[nH]c2cccnc12.CC(C)(C)c1ccc(N)c(F)c1.CC(C)(C)c1ccc(O)cc1F.CC(C)(C)c1ccc2[nH]ncc2c1.CC(C)(C)c1ccc2sc(N)nc2c1.CC1=NCC=C1C(C)(C)C.CC1=NCC=C1C(C)(C)C.CC1=NCc2ccc(C(C)(C)C)cc21.CN1CCN(Cc2ccc(NC(=O)C(C)(C)C)cc2C(F)(F)F)CC1.Cc1ccc(C(C)(C)C)cc1.Cn1cc(C(C)(C)C)c(C(F)(F)F)n1. The lowest BCUT2D eigenvalue weighted by molar-refractivity contribution is -0.142. The van der Waals surface area contributed by atoms with Crippen molar-refractivity contribution in [2.75, 3.05) is 63.1 Å². The monoisotopic (exact) mass is 2060 g/mol. The number of anilines is 3. The van der Waals surface area contributed by atoms with E-state index < -0.39 is 34.4 Å². The number of fused-ring (bicyclic) bond motifs is 4. The summed E-state index contributed by atoms with van der Waals surface area (Å²) in [7, 11) is 3.50. The molecule has 0 bridgehead atoms. The number of piperazine rings is 1. The summed E-state index contributed by atoms with van der Waals surface area (Å²) in [6, 6.07) is 45.6. The van der Waals surface area contributed by atoms with Crippen LogP contribution in [0.4, 0.5) is 51.6 Å². The summed E-state index contributed by atoms with van der Waals surface area (Å²) in [4.78, 5) is 41.2. The molecular weight excluding hydrogens is 1890 g/mol. The maximum atomic E-state index is 13.5. The molecule has 8 N–H and O–H groups in total. The predicted molar refractivity (Wildman–Crippen MR) is 610 cm³/mol. The molecule has 9 heterocycles. The average molecular weight is 2060 g/mol. The lowest BCUT2D eigenvalue weighted by Gasteiger charge is -2.33. The number of thiazole rings is 1. The van der Waals surface area contributed by atoms with Crippen molar-refractivity contribution in [2.45, 2.75) is 325 Å². The highest BCUT2D eigenvalue weighted by atomic mass is 32.1. The number of nitrogens with one attached hydrogen (secondary N) is 3. The second kappa shape index (κ2) is 50.4. The number of phenols is 1. The van der Waals surface area contributed by atoms with Gasteiger partial charge in [-0.1, -0.05) is 324 Å². The molecule has 808 valence electrons. The number of amides is 1. The van der Waals surface area contributed by atoms with Gasteiger partial charge in [-0.15, -0.1) is 0 Å². The number of halogens is 8. The first kappa shape index (κ1) is 125. The predicted octanol–water partition coefficient (Wildman–Crippen LogP) is 32.1. The zero-order valence-electron chi connectivity index (χ0n) is 95.9. The number of alkyl halides is 6. The number of benzene rings is 7. The van der Waals surface area contributed by atoms with Crippen molar-refractivity contribution in [1.29, 1.82) is 0 Å². The molecule has 4 aliphatic heterocycles. The van der Waals surface area contributed by atoms with Gasteiger partial charge in [0.2, 0.25) is 5.91 Å². The third-order valence-electron chi connectivity index (χ3n) is 25.1. The second-order valence-corrected chi connectivity index (χ2v) is 50.9. The van der Waals surface area contributed by atoms with E-state index in [1.165, 1.54) is 126 Å². The number of aromatic nitrogens is 7. The number of allylic oxidation sites excluding steroid dienone is 2. The zero-order chi connectivity index (χ0) is 112. The largest absolute Gasteiger partial charge is 0.508 e. The molecule has 1 saturated heterocycles. The molecular formula is C122H171F8N15O2S. The number of aliphatic imine (C=N–C) groups is 3. The van der Waals surface area contributed by atoms with Crippen LogP contribution in [0, 0.1) is 34.8 Å². The van der Waals surface area contributed by atoms with Gasteiger partial charge in [0.1, 0.15) is 17.4 Å². The molecule has 0 radical (unpaired) electrons. The molecule has 0 atom stereocenters. The molecule has 0 unspecified atom stereocenters. The number of hydrogen-bond donors (Lipinski definition) is 6. The standard InChI is InChI=1S/C18H26F3N3O.C13H17N.C11H14N2S.2C11H14N2.C11H16.C10H14FN.C10H13FO.C9H13F3N2.2C9H15N/c1-17(2,3)16(25)22-14-6-5-13(15(11-14)18(19,20)21)12-24-9-7-23(4)8-10-24;1-9-12-7-11(13(2,3)4)6-5-10(12)8-14-9;1-11(2,3)7-4-5-9-8(6-7)13-10(12)14-9;1-11(2,3)9-4-5-10-8(6-9)7-12-13-10;1-11(2,3)8-7-13-9-5-4-6-12-10(8)9;1-9-5-7-10(8-6-9)11(2,3)4;1-10(2,3)7-4-5-9(12)8(11)6-7;1-10(2,3)8-5-4-7(12)6-9(8)11;1-8(2,3)6-5-14(4)13-7(6)9(10,11)12;2*1-7-8(5-6-10-7)9(2,3)4/h5-6,11H,7-10,12H2,1-4H3,(H,22,25);5-7H,8H2,1-4H3;4-6H,1-3H3,(H2,12,13);4-7H,1-3H3,(H,12,13);4-7,13H,1-3H3;5-8H,1-4H3;4-6H,12H2,1-3H3;4-6,12H,1-3H3;5H,1-4H3;2*5H,6H2,1-4H3. The number of carbonyl (C=O) groups excluding carboxylic acids is 1. The topological polar surface area (TPSA) is 233 Å². The van der Waals surface area contributed by atoms with Gasteiger partial charge in [0.25, 0.3) is 0 Å². The molecule has 0 aliphatic carbocycles. The molecule has 26 heteroatoms. The Morgan fingerprint density at radius 2 is 0.980 bits per heavy atom. The summed E-state index contributed by atoms with van der Waals surface area (Å²) in [5.74, 6) is -1.02.